The summed E-state index contributed by atoms with van der Waals surface area (Å²) in [4.78, 5) is 14.1. The number of carbonyl (C=O) groups excluding carboxylic acids is 1. The van der Waals surface area contributed by atoms with Gasteiger partial charge in [0, 0.05) is 19.5 Å². The van der Waals surface area contributed by atoms with Crippen molar-refractivity contribution in [1.29, 1.82) is 0 Å². The minimum absolute atomic E-state index is 0. The fourth-order valence-corrected chi connectivity index (χ4v) is 2.38. The van der Waals surface area contributed by atoms with Crippen molar-refractivity contribution in [3.8, 4) is 0 Å². The molecule has 0 unspecified atom stereocenters. The molecule has 1 aliphatic heterocycles. The van der Waals surface area contributed by atoms with Crippen LogP contribution in [0.3, 0.4) is 0 Å². The van der Waals surface area contributed by atoms with Crippen LogP contribution in [0.25, 0.3) is 0 Å². The first-order chi connectivity index (χ1) is 7.92. The number of nitrogens with one attached hydrogen (secondary N) is 1. The van der Waals surface area contributed by atoms with E-state index in [4.69, 9.17) is 0 Å². The lowest BCUT2D eigenvalue weighted by molar-refractivity contribution is -0.134. The van der Waals surface area contributed by atoms with E-state index in [0.29, 0.717) is 12.3 Å². The van der Waals surface area contributed by atoms with Crippen molar-refractivity contribution in [2.75, 3.05) is 26.7 Å². The van der Waals surface area contributed by atoms with E-state index in [1.54, 1.807) is 0 Å². The topological polar surface area (TPSA) is 32.3 Å². The molecule has 0 aromatic carbocycles. The Balaban J connectivity index is 0.00000289. The third kappa shape index (κ3) is 6.60. The van der Waals surface area contributed by atoms with Crippen LogP contribution in [0.15, 0.2) is 0 Å². The maximum Gasteiger partial charge on any atom is 0.223 e. The van der Waals surface area contributed by atoms with E-state index >= 15 is 0 Å². The second kappa shape index (κ2) is 8.00. The van der Waals surface area contributed by atoms with Crippen LogP contribution in [-0.4, -0.2) is 37.5 Å². The van der Waals surface area contributed by atoms with Crippen molar-refractivity contribution in [2.24, 2.45) is 11.3 Å². The predicted molar refractivity (Wildman–Crippen MR) is 79.2 cm³/mol. The third-order valence-electron chi connectivity index (χ3n) is 3.45. The van der Waals surface area contributed by atoms with E-state index in [1.165, 1.54) is 19.3 Å². The summed E-state index contributed by atoms with van der Waals surface area (Å²) in [6.45, 7) is 9.41. The number of amides is 1. The fourth-order valence-electron chi connectivity index (χ4n) is 2.38. The van der Waals surface area contributed by atoms with Gasteiger partial charge < -0.3 is 10.2 Å². The van der Waals surface area contributed by atoms with Crippen molar-refractivity contribution >= 4 is 18.3 Å². The van der Waals surface area contributed by atoms with Crippen LogP contribution in [0.5, 0.6) is 0 Å². The molecule has 1 heterocycles. The van der Waals surface area contributed by atoms with E-state index in [9.17, 15) is 4.79 Å². The van der Waals surface area contributed by atoms with Gasteiger partial charge in [0.1, 0.15) is 0 Å². The van der Waals surface area contributed by atoms with Crippen LogP contribution in [0.4, 0.5) is 0 Å². The van der Waals surface area contributed by atoms with Gasteiger partial charge in [-0.3, -0.25) is 4.79 Å². The van der Waals surface area contributed by atoms with Crippen LogP contribution in [0.1, 0.15) is 46.5 Å². The quantitative estimate of drug-likeness (QED) is 0.856. The maximum absolute atomic E-state index is 12.0. The largest absolute Gasteiger partial charge is 0.343 e. The second-order valence-electron chi connectivity index (χ2n) is 6.45. The first-order valence-electron chi connectivity index (χ1n) is 6.85. The molecule has 3 nitrogen and oxygen atoms in total. The van der Waals surface area contributed by atoms with Crippen molar-refractivity contribution in [1.82, 2.24) is 10.2 Å². The Morgan fingerprint density at radius 3 is 2.28 bits per heavy atom. The van der Waals surface area contributed by atoms with Gasteiger partial charge in [0.05, 0.1) is 0 Å². The lowest BCUT2D eigenvalue weighted by Gasteiger charge is -2.33. The highest BCUT2D eigenvalue weighted by atomic mass is 35.5. The molecule has 0 saturated carbocycles. The highest BCUT2D eigenvalue weighted by molar-refractivity contribution is 5.85. The van der Waals surface area contributed by atoms with Crippen LogP contribution >= 0.6 is 12.4 Å². The molecule has 1 rings (SSSR count). The maximum atomic E-state index is 12.0. The summed E-state index contributed by atoms with van der Waals surface area (Å²) in [7, 11) is 2.00. The molecule has 0 radical (unpaired) electrons. The second-order valence-corrected chi connectivity index (χ2v) is 6.45. The molecule has 1 aliphatic rings. The summed E-state index contributed by atoms with van der Waals surface area (Å²) < 4.78 is 0. The van der Waals surface area contributed by atoms with E-state index < -0.39 is 0 Å². The van der Waals surface area contributed by atoms with Gasteiger partial charge in [0.15, 0.2) is 0 Å². The zero-order valence-electron chi connectivity index (χ0n) is 12.3. The zero-order valence-corrected chi connectivity index (χ0v) is 13.1. The first-order valence-corrected chi connectivity index (χ1v) is 6.85. The lowest BCUT2D eigenvalue weighted by atomic mass is 9.89. The van der Waals surface area contributed by atoms with Gasteiger partial charge in [-0.1, -0.05) is 20.8 Å². The van der Waals surface area contributed by atoms with E-state index in [2.05, 4.69) is 31.0 Å². The Kier molecular flexibility index (Phi) is 7.88. The molecule has 0 aromatic heterocycles. The Hall–Kier alpha value is -0.280. The summed E-state index contributed by atoms with van der Waals surface area (Å²) in [6, 6.07) is 0. The summed E-state index contributed by atoms with van der Waals surface area (Å²) in [5.74, 6) is 1.14. The van der Waals surface area contributed by atoms with Crippen molar-refractivity contribution in [3.05, 3.63) is 0 Å². The standard InChI is InChI=1S/C14H28N2O.ClH/c1-14(2,3)11-13(17)16-9-6-12(7-10-16)5-8-15-4;/h12,15H,5-11H2,1-4H3;1H. The van der Waals surface area contributed by atoms with E-state index in [1.807, 2.05) is 7.05 Å². The van der Waals surface area contributed by atoms with Gasteiger partial charge in [0.2, 0.25) is 5.91 Å². The molecule has 1 saturated heterocycles. The number of hydrogen-bond donors (Lipinski definition) is 1. The molecule has 0 aromatic rings. The predicted octanol–water partition coefficient (Wildman–Crippen LogP) is 2.69. The minimum Gasteiger partial charge on any atom is -0.343 e. The van der Waals surface area contributed by atoms with Crippen molar-refractivity contribution in [3.63, 3.8) is 0 Å². The van der Waals surface area contributed by atoms with Gasteiger partial charge in [0.25, 0.3) is 0 Å². The van der Waals surface area contributed by atoms with Gasteiger partial charge in [-0.2, -0.15) is 0 Å². The van der Waals surface area contributed by atoms with Crippen LogP contribution in [0.2, 0.25) is 0 Å². The molecule has 0 atom stereocenters. The Morgan fingerprint density at radius 1 is 1.28 bits per heavy atom. The molecular weight excluding hydrogens is 248 g/mol. The first kappa shape index (κ1) is 17.7. The van der Waals surface area contributed by atoms with Gasteiger partial charge in [-0.25, -0.2) is 0 Å². The zero-order chi connectivity index (χ0) is 12.9. The van der Waals surface area contributed by atoms with Crippen LogP contribution in [-0.2, 0) is 4.79 Å². The Labute approximate surface area is 118 Å². The van der Waals surface area contributed by atoms with Gasteiger partial charge in [-0.15, -0.1) is 12.4 Å². The molecule has 0 spiro atoms. The number of nitrogens with zero attached hydrogens (tertiary/aromatic N) is 1. The molecular formula is C14H29ClN2O. The molecule has 1 amide bonds. The number of piperidine rings is 1. The third-order valence-corrected chi connectivity index (χ3v) is 3.45. The minimum atomic E-state index is 0. The summed E-state index contributed by atoms with van der Waals surface area (Å²) in [6.07, 6.45) is 4.28. The molecule has 1 N–H and O–H groups in total. The number of carbonyl (C=O) groups is 1. The Bertz CT molecular complexity index is 243. The van der Waals surface area contributed by atoms with Gasteiger partial charge >= 0.3 is 0 Å². The highest BCUT2D eigenvalue weighted by Crippen LogP contribution is 2.24. The van der Waals surface area contributed by atoms with Crippen LogP contribution in [0, 0.1) is 11.3 Å². The number of halogens is 1. The lowest BCUT2D eigenvalue weighted by Crippen LogP contribution is -2.40. The van der Waals surface area contributed by atoms with E-state index in [-0.39, 0.29) is 17.8 Å². The SMILES string of the molecule is CNCCC1CCN(C(=O)CC(C)(C)C)CC1.Cl. The smallest absolute Gasteiger partial charge is 0.223 e. The van der Waals surface area contributed by atoms with Crippen molar-refractivity contribution in [2.45, 2.75) is 46.5 Å². The fraction of sp³-hybridized carbons (Fsp3) is 0.929. The average Bonchev–Trinajstić information content (AvgIpc) is 2.24. The van der Waals surface area contributed by atoms with Crippen molar-refractivity contribution < 1.29 is 4.79 Å². The normalized spacial score (nSPS) is 17.4. The molecule has 4 heteroatoms. The van der Waals surface area contributed by atoms with Gasteiger partial charge in [-0.05, 0) is 44.2 Å². The summed E-state index contributed by atoms with van der Waals surface area (Å²) >= 11 is 0. The molecule has 0 aliphatic carbocycles. The van der Waals surface area contributed by atoms with E-state index in [0.717, 1.165) is 25.6 Å². The highest BCUT2D eigenvalue weighted by Gasteiger charge is 2.25. The summed E-state index contributed by atoms with van der Waals surface area (Å²) in [5, 5.41) is 3.20. The number of hydrogen-bond acceptors (Lipinski definition) is 2. The molecule has 1 fully saturated rings. The average molecular weight is 277 g/mol. The molecule has 0 bridgehead atoms. The molecule has 18 heavy (non-hydrogen) atoms. The van der Waals surface area contributed by atoms with Crippen LogP contribution < -0.4 is 5.32 Å². The number of likely N-dealkylation sites (tertiary alicyclic amines) is 1. The number of rotatable bonds is 4. The monoisotopic (exact) mass is 276 g/mol. The summed E-state index contributed by atoms with van der Waals surface area (Å²) in [5.41, 5.74) is 0.111. The molecule has 108 valence electrons. The Morgan fingerprint density at radius 2 is 1.83 bits per heavy atom.